The number of aromatic nitrogens is 2. The maximum absolute atomic E-state index is 13.9. The summed E-state index contributed by atoms with van der Waals surface area (Å²) in [6.45, 7) is 2.08. The lowest BCUT2D eigenvalue weighted by Crippen LogP contribution is -2.68. The number of rotatable bonds is 4. The number of amides is 1. The first-order valence-electron chi connectivity index (χ1n) is 8.67. The van der Waals surface area contributed by atoms with Gasteiger partial charge in [-0.1, -0.05) is 0 Å². The number of H-pyrrole nitrogens is 1. The van der Waals surface area contributed by atoms with Gasteiger partial charge in [0.1, 0.15) is 17.2 Å². The minimum atomic E-state index is -0.821. The molecule has 1 fully saturated rings. The Morgan fingerprint density at radius 2 is 2.33 bits per heavy atom. The van der Waals surface area contributed by atoms with E-state index in [0.29, 0.717) is 29.9 Å². The zero-order valence-corrected chi connectivity index (χ0v) is 14.8. The van der Waals surface area contributed by atoms with E-state index in [4.69, 9.17) is 5.73 Å². The zero-order valence-electron chi connectivity index (χ0n) is 14.8. The first-order valence-corrected chi connectivity index (χ1v) is 8.67. The number of carbonyl (C=O) groups excluding carboxylic acids is 1. The first kappa shape index (κ1) is 17.6. The van der Waals surface area contributed by atoms with Crippen LogP contribution in [0.15, 0.2) is 29.4 Å². The second-order valence-electron chi connectivity index (χ2n) is 6.45. The fourth-order valence-electron chi connectivity index (χ4n) is 3.62. The summed E-state index contributed by atoms with van der Waals surface area (Å²) < 4.78 is 13.9. The van der Waals surface area contributed by atoms with E-state index in [9.17, 15) is 9.18 Å². The molecule has 3 heterocycles. The molecular weight excluding hydrogens is 351 g/mol. The normalized spacial score (nSPS) is 25.6. The minimum Gasteiger partial charge on any atom is -0.366 e. The molecule has 1 amide bonds. The number of nitrogens with one attached hydrogen (secondary N) is 4. The van der Waals surface area contributed by atoms with Gasteiger partial charge in [0.15, 0.2) is 0 Å². The van der Waals surface area contributed by atoms with Crippen molar-refractivity contribution >= 4 is 23.2 Å². The molecule has 0 aliphatic carbocycles. The van der Waals surface area contributed by atoms with Gasteiger partial charge in [-0.2, -0.15) is 0 Å². The Labute approximate surface area is 154 Å². The molecule has 2 aromatic rings. The molecule has 4 rings (SSSR count). The lowest BCUT2D eigenvalue weighted by Gasteiger charge is -2.47. The van der Waals surface area contributed by atoms with Gasteiger partial charge in [0.05, 0.1) is 17.1 Å². The van der Waals surface area contributed by atoms with Gasteiger partial charge in [-0.05, 0) is 25.3 Å². The van der Waals surface area contributed by atoms with Gasteiger partial charge in [0, 0.05) is 32.0 Å². The maximum Gasteiger partial charge on any atom is 0.251 e. The molecule has 2 atom stereocenters. The second kappa shape index (κ2) is 6.72. The molecule has 1 aromatic heterocycles. The number of imidazole rings is 1. The Kier molecular flexibility index (Phi) is 4.38. The predicted octanol–water partition coefficient (Wildman–Crippen LogP) is -0.234. The van der Waals surface area contributed by atoms with Crippen molar-refractivity contribution < 1.29 is 9.18 Å². The van der Waals surface area contributed by atoms with E-state index in [1.54, 1.807) is 6.21 Å². The summed E-state index contributed by atoms with van der Waals surface area (Å²) in [5, 5.41) is 9.82. The lowest BCUT2D eigenvalue weighted by atomic mass is 10.1. The van der Waals surface area contributed by atoms with Crippen LogP contribution in [-0.4, -0.2) is 59.6 Å². The van der Waals surface area contributed by atoms with Crippen molar-refractivity contribution in [1.29, 1.82) is 0 Å². The minimum absolute atomic E-state index is 0.0582. The highest BCUT2D eigenvalue weighted by Gasteiger charge is 2.42. The number of halogens is 1. The quantitative estimate of drug-likeness (QED) is 0.505. The summed E-state index contributed by atoms with van der Waals surface area (Å²) >= 11 is 0. The third-order valence-corrected chi connectivity index (χ3v) is 4.89. The molecule has 2 aliphatic rings. The van der Waals surface area contributed by atoms with Crippen LogP contribution >= 0.6 is 0 Å². The van der Waals surface area contributed by atoms with Crippen LogP contribution in [0.2, 0.25) is 0 Å². The number of piperazine rings is 1. The summed E-state index contributed by atoms with van der Waals surface area (Å²) in [6.07, 6.45) is 5.36. The molecular formula is C17H21FN8O. The van der Waals surface area contributed by atoms with Gasteiger partial charge in [-0.15, -0.1) is 0 Å². The fraction of sp³-hybridized carbons (Fsp3) is 0.353. The number of nitrogens with zero attached hydrogens (tertiary/aromatic N) is 3. The average molecular weight is 372 g/mol. The van der Waals surface area contributed by atoms with E-state index in [1.165, 1.54) is 6.07 Å². The molecule has 2 unspecified atom stereocenters. The van der Waals surface area contributed by atoms with Crippen LogP contribution in [0.3, 0.4) is 0 Å². The van der Waals surface area contributed by atoms with Crippen LogP contribution in [0.1, 0.15) is 22.2 Å². The smallest absolute Gasteiger partial charge is 0.251 e. The van der Waals surface area contributed by atoms with Gasteiger partial charge >= 0.3 is 0 Å². The van der Waals surface area contributed by atoms with Crippen molar-refractivity contribution in [1.82, 2.24) is 30.8 Å². The van der Waals surface area contributed by atoms with Crippen LogP contribution in [0, 0.1) is 5.82 Å². The number of fused-ring (bicyclic) bond motifs is 1. The Hall–Kier alpha value is -2.82. The second-order valence-corrected chi connectivity index (χ2v) is 6.45. The van der Waals surface area contributed by atoms with E-state index in [-0.39, 0.29) is 11.6 Å². The number of primary amides is 1. The largest absolute Gasteiger partial charge is 0.366 e. The highest BCUT2D eigenvalue weighted by atomic mass is 19.1. The van der Waals surface area contributed by atoms with Crippen molar-refractivity contribution in [3.63, 3.8) is 0 Å². The number of aromatic amines is 1. The highest BCUT2D eigenvalue weighted by molar-refractivity contribution is 6.04. The number of benzene rings is 1. The number of hydrogen-bond donors (Lipinski definition) is 5. The Bertz CT molecular complexity index is 938. The topological polar surface area (TPSA) is 123 Å². The molecule has 6 N–H and O–H groups in total. The van der Waals surface area contributed by atoms with Gasteiger partial charge in [-0.25, -0.2) is 19.3 Å². The lowest BCUT2D eigenvalue weighted by molar-refractivity contribution is -0.00875. The van der Waals surface area contributed by atoms with Crippen molar-refractivity contribution in [3.8, 4) is 0 Å². The molecule has 2 aliphatic heterocycles. The van der Waals surface area contributed by atoms with Gasteiger partial charge < -0.3 is 21.4 Å². The average Bonchev–Trinajstić information content (AvgIpc) is 3.11. The summed E-state index contributed by atoms with van der Waals surface area (Å²) in [7, 11) is 1.82. The Morgan fingerprint density at radius 1 is 1.48 bits per heavy atom. The van der Waals surface area contributed by atoms with E-state index < -0.39 is 17.6 Å². The van der Waals surface area contributed by atoms with E-state index >= 15 is 0 Å². The molecule has 1 aromatic carbocycles. The number of aliphatic imine (C=N–C) groups is 1. The molecule has 10 heteroatoms. The summed E-state index contributed by atoms with van der Waals surface area (Å²) in [5.41, 5.74) is 6.25. The Morgan fingerprint density at radius 3 is 3.04 bits per heavy atom. The number of carbonyl (C=O) groups is 1. The molecule has 142 valence electrons. The summed E-state index contributed by atoms with van der Waals surface area (Å²) in [6, 6.07) is 2.23. The van der Waals surface area contributed by atoms with Gasteiger partial charge in [0.25, 0.3) is 5.91 Å². The summed E-state index contributed by atoms with van der Waals surface area (Å²) in [5.74, 6) is -1.48. The van der Waals surface area contributed by atoms with E-state index in [0.717, 1.165) is 12.6 Å². The van der Waals surface area contributed by atoms with E-state index in [1.807, 2.05) is 19.3 Å². The fourth-order valence-corrected chi connectivity index (χ4v) is 3.62. The first-order chi connectivity index (χ1) is 13.0. The molecule has 27 heavy (non-hydrogen) atoms. The predicted molar refractivity (Wildman–Crippen MR) is 99.4 cm³/mol. The van der Waals surface area contributed by atoms with Crippen molar-refractivity contribution in [2.24, 2.45) is 10.7 Å². The highest BCUT2D eigenvalue weighted by Crippen LogP contribution is 2.29. The molecule has 9 nitrogen and oxygen atoms in total. The molecule has 0 spiro atoms. The number of nitrogens with two attached hydrogens (primary N) is 1. The van der Waals surface area contributed by atoms with Crippen molar-refractivity contribution in [3.05, 3.63) is 41.6 Å². The molecule has 0 saturated carbocycles. The maximum atomic E-state index is 13.9. The zero-order chi connectivity index (χ0) is 19.0. The SMILES string of the molecule is CNC1(N2CCNCC2c2nc3c(C(N)=O)cc(F)cc3[nH]2)N=CC=CN1. The van der Waals surface area contributed by atoms with E-state index in [2.05, 4.69) is 35.8 Å². The molecule has 0 bridgehead atoms. The number of allylic oxidation sites excluding steroid dienone is 1. The third kappa shape index (κ3) is 2.97. The number of hydrogen-bond acceptors (Lipinski definition) is 7. The standard InChI is InChI=1S/C17H21FN8O/c1-20-17(22-3-2-4-23-17)26-6-5-21-9-13(26)16-24-12-8-10(18)7-11(15(19)27)14(12)25-16/h2-4,7-8,13,20-22H,5-6,9H2,1H3,(H2,19,27)(H,24,25). The van der Waals surface area contributed by atoms with Crippen LogP contribution < -0.4 is 21.7 Å². The van der Waals surface area contributed by atoms with Crippen molar-refractivity contribution in [2.75, 3.05) is 26.7 Å². The van der Waals surface area contributed by atoms with Crippen LogP contribution in [0.4, 0.5) is 4.39 Å². The van der Waals surface area contributed by atoms with Crippen LogP contribution in [-0.2, 0) is 0 Å². The van der Waals surface area contributed by atoms with Crippen LogP contribution in [0.25, 0.3) is 11.0 Å². The third-order valence-electron chi connectivity index (χ3n) is 4.89. The monoisotopic (exact) mass is 372 g/mol. The van der Waals surface area contributed by atoms with Gasteiger partial charge in [-0.3, -0.25) is 10.1 Å². The van der Waals surface area contributed by atoms with Crippen LogP contribution in [0.5, 0.6) is 0 Å². The Balaban J connectivity index is 1.78. The van der Waals surface area contributed by atoms with Gasteiger partial charge in [0.2, 0.25) is 5.91 Å². The molecule has 1 saturated heterocycles. The van der Waals surface area contributed by atoms with Crippen molar-refractivity contribution in [2.45, 2.75) is 12.0 Å². The molecule has 0 radical (unpaired) electrons. The summed E-state index contributed by atoms with van der Waals surface area (Å²) in [4.78, 5) is 26.1.